The third-order valence-electron chi connectivity index (χ3n) is 4.43. The van der Waals surface area contributed by atoms with Crippen molar-refractivity contribution in [2.75, 3.05) is 31.1 Å². The van der Waals surface area contributed by atoms with E-state index >= 15 is 0 Å². The molecule has 1 aliphatic rings. The van der Waals surface area contributed by atoms with Gasteiger partial charge in [0.2, 0.25) is 16.0 Å². The van der Waals surface area contributed by atoms with Crippen LogP contribution in [0.3, 0.4) is 0 Å². The Morgan fingerprint density at radius 3 is 2.41 bits per heavy atom. The summed E-state index contributed by atoms with van der Waals surface area (Å²) in [6, 6.07) is 4.65. The summed E-state index contributed by atoms with van der Waals surface area (Å²) in [5.41, 5.74) is 1.27. The Labute approximate surface area is 171 Å². The molecule has 0 radical (unpaired) electrons. The van der Waals surface area contributed by atoms with Crippen LogP contribution >= 0.6 is 22.6 Å². The predicted molar refractivity (Wildman–Crippen MR) is 108 cm³/mol. The lowest BCUT2D eigenvalue weighted by Gasteiger charge is -2.34. The molecule has 1 aliphatic heterocycles. The average Bonchev–Trinajstić information content (AvgIpc) is 2.64. The number of benzene rings is 1. The zero-order valence-electron chi connectivity index (χ0n) is 14.7. The number of aliphatic carboxylic acids is 1. The Morgan fingerprint density at radius 2 is 1.81 bits per heavy atom. The van der Waals surface area contributed by atoms with E-state index in [9.17, 15) is 13.2 Å². The van der Waals surface area contributed by atoms with E-state index in [1.54, 1.807) is 25.4 Å². The van der Waals surface area contributed by atoms with Gasteiger partial charge in [0.05, 0.1) is 11.3 Å². The van der Waals surface area contributed by atoms with Crippen LogP contribution in [0, 0.1) is 10.5 Å². The van der Waals surface area contributed by atoms with Crippen LogP contribution in [-0.4, -0.2) is 59.9 Å². The number of carbonyl (C=O) groups is 1. The third-order valence-corrected chi connectivity index (χ3v) is 6.88. The first kappa shape index (κ1) is 20.0. The minimum atomic E-state index is -3.68. The van der Waals surface area contributed by atoms with Crippen molar-refractivity contribution in [3.63, 3.8) is 0 Å². The van der Waals surface area contributed by atoms with Crippen molar-refractivity contribution in [2.24, 2.45) is 0 Å². The van der Waals surface area contributed by atoms with Crippen LogP contribution in [0.2, 0.25) is 0 Å². The summed E-state index contributed by atoms with van der Waals surface area (Å²) in [6.07, 6.45) is 3.25. The van der Waals surface area contributed by atoms with E-state index in [1.165, 1.54) is 16.4 Å². The lowest BCUT2D eigenvalue weighted by atomic mass is 10.1. The van der Waals surface area contributed by atoms with E-state index in [2.05, 4.69) is 32.6 Å². The Balaban J connectivity index is 1.75. The van der Waals surface area contributed by atoms with Gasteiger partial charge in [-0.25, -0.2) is 18.4 Å². The van der Waals surface area contributed by atoms with Crippen molar-refractivity contribution in [3.05, 3.63) is 45.3 Å². The minimum Gasteiger partial charge on any atom is -0.481 e. The van der Waals surface area contributed by atoms with Gasteiger partial charge in [0.25, 0.3) is 0 Å². The molecule has 27 heavy (non-hydrogen) atoms. The molecular weight excluding hydrogens is 483 g/mol. The molecule has 0 aliphatic carbocycles. The van der Waals surface area contributed by atoms with Crippen LogP contribution in [0.5, 0.6) is 0 Å². The zero-order chi connectivity index (χ0) is 19.6. The highest BCUT2D eigenvalue weighted by molar-refractivity contribution is 14.1. The largest absolute Gasteiger partial charge is 0.481 e. The van der Waals surface area contributed by atoms with E-state index in [0.29, 0.717) is 37.7 Å². The molecule has 2 aromatic rings. The topological polar surface area (TPSA) is 104 Å². The maximum absolute atomic E-state index is 13.0. The second-order valence-electron chi connectivity index (χ2n) is 6.25. The normalized spacial score (nSPS) is 15.7. The summed E-state index contributed by atoms with van der Waals surface area (Å²) in [5.74, 6) is -0.398. The molecule has 0 spiro atoms. The van der Waals surface area contributed by atoms with Gasteiger partial charge in [-0.05, 0) is 52.8 Å². The van der Waals surface area contributed by atoms with Crippen LogP contribution in [0.25, 0.3) is 0 Å². The molecule has 1 aromatic carbocycles. The van der Waals surface area contributed by atoms with Crippen LogP contribution in [0.15, 0.2) is 35.5 Å². The number of nitrogens with zero attached hydrogens (tertiary/aromatic N) is 4. The number of halogens is 1. The molecule has 10 heteroatoms. The summed E-state index contributed by atoms with van der Waals surface area (Å²) in [7, 11) is -3.68. The third kappa shape index (κ3) is 4.55. The lowest BCUT2D eigenvalue weighted by molar-refractivity contribution is -0.136. The number of piperazine rings is 1. The summed E-state index contributed by atoms with van der Waals surface area (Å²) in [6.45, 7) is 3.40. The van der Waals surface area contributed by atoms with Crippen molar-refractivity contribution < 1.29 is 18.3 Å². The second-order valence-corrected chi connectivity index (χ2v) is 9.43. The summed E-state index contributed by atoms with van der Waals surface area (Å²) in [5, 5.41) is 9.01. The summed E-state index contributed by atoms with van der Waals surface area (Å²) < 4.78 is 28.3. The molecule has 1 N–H and O–H groups in total. The highest BCUT2D eigenvalue weighted by Gasteiger charge is 2.29. The summed E-state index contributed by atoms with van der Waals surface area (Å²) in [4.78, 5) is 21.6. The molecule has 144 valence electrons. The second kappa shape index (κ2) is 8.07. The first-order valence-corrected chi connectivity index (χ1v) is 10.8. The molecule has 1 fully saturated rings. The van der Waals surface area contributed by atoms with Crippen molar-refractivity contribution in [1.29, 1.82) is 0 Å². The lowest BCUT2D eigenvalue weighted by Crippen LogP contribution is -2.49. The van der Waals surface area contributed by atoms with Crippen molar-refractivity contribution in [2.45, 2.75) is 18.2 Å². The first-order valence-electron chi connectivity index (χ1n) is 8.31. The number of hydrogen-bond donors (Lipinski definition) is 1. The van der Waals surface area contributed by atoms with Crippen LogP contribution in [0.4, 0.5) is 5.95 Å². The monoisotopic (exact) mass is 502 g/mol. The van der Waals surface area contributed by atoms with Crippen molar-refractivity contribution >= 4 is 44.5 Å². The smallest absolute Gasteiger partial charge is 0.307 e. The molecule has 8 nitrogen and oxygen atoms in total. The number of anilines is 1. The van der Waals surface area contributed by atoms with Gasteiger partial charge in [-0.3, -0.25) is 4.79 Å². The molecule has 0 saturated carbocycles. The first-order chi connectivity index (χ1) is 12.8. The Kier molecular flexibility index (Phi) is 5.96. The summed E-state index contributed by atoms with van der Waals surface area (Å²) >= 11 is 2.13. The molecule has 1 aromatic heterocycles. The van der Waals surface area contributed by atoms with E-state index in [0.717, 1.165) is 9.13 Å². The van der Waals surface area contributed by atoms with E-state index in [1.807, 2.05) is 4.90 Å². The molecule has 1 saturated heterocycles. The number of carboxylic acids is 1. The van der Waals surface area contributed by atoms with Gasteiger partial charge in [0.1, 0.15) is 0 Å². The number of rotatable bonds is 5. The van der Waals surface area contributed by atoms with Gasteiger partial charge in [0, 0.05) is 42.1 Å². The van der Waals surface area contributed by atoms with Gasteiger partial charge in [-0.2, -0.15) is 4.31 Å². The van der Waals surface area contributed by atoms with Gasteiger partial charge in [0.15, 0.2) is 0 Å². The Bertz CT molecular complexity index is 942. The van der Waals surface area contributed by atoms with E-state index < -0.39 is 16.0 Å². The van der Waals surface area contributed by atoms with Gasteiger partial charge >= 0.3 is 5.97 Å². The van der Waals surface area contributed by atoms with E-state index in [-0.39, 0.29) is 11.3 Å². The average molecular weight is 502 g/mol. The van der Waals surface area contributed by atoms with Gasteiger partial charge < -0.3 is 10.0 Å². The van der Waals surface area contributed by atoms with E-state index in [4.69, 9.17) is 5.11 Å². The van der Waals surface area contributed by atoms with Crippen LogP contribution in [-0.2, 0) is 21.2 Å². The number of sulfonamides is 1. The fourth-order valence-corrected chi connectivity index (χ4v) is 4.66. The van der Waals surface area contributed by atoms with Gasteiger partial charge in [-0.1, -0.05) is 6.07 Å². The fraction of sp³-hybridized carbons (Fsp3) is 0.353. The maximum atomic E-state index is 13.0. The Morgan fingerprint density at radius 1 is 1.19 bits per heavy atom. The quantitative estimate of drug-likeness (QED) is 0.619. The molecule has 0 amide bonds. The molecular formula is C17H19IN4O4S. The maximum Gasteiger partial charge on any atom is 0.307 e. The SMILES string of the molecule is Cc1ccc(S(=O)(=O)N2CCN(c3ncc(I)cn3)CC2)cc1CC(=O)O. The number of aromatic nitrogens is 2. The number of carboxylic acid groups (broad SMARTS) is 1. The predicted octanol–water partition coefficient (Wildman–Crippen LogP) is 1.53. The number of aryl methyl sites for hydroxylation is 1. The fourth-order valence-electron chi connectivity index (χ4n) is 2.91. The van der Waals surface area contributed by atoms with Crippen molar-refractivity contribution in [1.82, 2.24) is 14.3 Å². The Hall–Kier alpha value is -1.79. The number of hydrogen-bond acceptors (Lipinski definition) is 6. The highest BCUT2D eigenvalue weighted by Crippen LogP contribution is 2.22. The molecule has 0 unspecified atom stereocenters. The van der Waals surface area contributed by atoms with Gasteiger partial charge in [-0.15, -0.1) is 0 Å². The van der Waals surface area contributed by atoms with Crippen molar-refractivity contribution in [3.8, 4) is 0 Å². The standard InChI is InChI=1S/C17H19IN4O4S/c1-12-2-3-15(8-13(12)9-16(23)24)27(25,26)22-6-4-21(5-7-22)17-19-10-14(18)11-20-17/h2-3,8,10-11H,4-7,9H2,1H3,(H,23,24). The molecule has 0 bridgehead atoms. The van der Waals surface area contributed by atoms with Crippen LogP contribution in [0.1, 0.15) is 11.1 Å². The molecule has 2 heterocycles. The molecule has 3 rings (SSSR count). The minimum absolute atomic E-state index is 0.128. The van der Waals surface area contributed by atoms with Crippen LogP contribution < -0.4 is 4.90 Å². The highest BCUT2D eigenvalue weighted by atomic mass is 127. The zero-order valence-corrected chi connectivity index (χ0v) is 17.6. The molecule has 0 atom stereocenters.